The van der Waals surface area contributed by atoms with Gasteiger partial charge in [-0.15, -0.1) is 0 Å². The lowest BCUT2D eigenvalue weighted by atomic mass is 9.97. The van der Waals surface area contributed by atoms with Gasteiger partial charge in [-0.1, -0.05) is 38.2 Å². The summed E-state index contributed by atoms with van der Waals surface area (Å²) in [5, 5.41) is 0. The standard InChI is InChI=1S/C7H10.H2/c1-7(2)5-3-4-6-7;/h3-6H,1-2H3;1H. The SMILES string of the molecule is CC1(C)C=CC=C1.[HH]. The Bertz CT molecular complexity index is 106. The highest BCUT2D eigenvalue weighted by Gasteiger charge is 2.09. The van der Waals surface area contributed by atoms with Gasteiger partial charge >= 0.3 is 0 Å². The Morgan fingerprint density at radius 2 is 1.57 bits per heavy atom. The summed E-state index contributed by atoms with van der Waals surface area (Å²) in [4.78, 5) is 0. The van der Waals surface area contributed by atoms with Crippen LogP contribution in [0.1, 0.15) is 15.3 Å². The van der Waals surface area contributed by atoms with Crippen molar-refractivity contribution in [2.75, 3.05) is 0 Å². The van der Waals surface area contributed by atoms with Gasteiger partial charge in [0, 0.05) is 6.84 Å². The van der Waals surface area contributed by atoms with Gasteiger partial charge in [-0.2, -0.15) is 0 Å². The first-order chi connectivity index (χ1) is 3.21. The summed E-state index contributed by atoms with van der Waals surface area (Å²) < 4.78 is 0. The van der Waals surface area contributed by atoms with E-state index >= 15 is 0 Å². The zero-order valence-corrected chi connectivity index (χ0v) is 4.81. The van der Waals surface area contributed by atoms with Gasteiger partial charge in [-0.25, -0.2) is 0 Å². The lowest BCUT2D eigenvalue weighted by Gasteiger charge is -2.08. The molecule has 0 saturated heterocycles. The van der Waals surface area contributed by atoms with Crippen molar-refractivity contribution in [3.8, 4) is 0 Å². The van der Waals surface area contributed by atoms with Crippen molar-refractivity contribution in [1.82, 2.24) is 0 Å². The van der Waals surface area contributed by atoms with Crippen molar-refractivity contribution in [2.45, 2.75) is 13.8 Å². The Hall–Kier alpha value is -0.520. The van der Waals surface area contributed by atoms with E-state index in [9.17, 15) is 0 Å². The third-order valence-electron chi connectivity index (χ3n) is 1.16. The Morgan fingerprint density at radius 1 is 1.14 bits per heavy atom. The minimum Gasteiger partial charge on any atom is -0.0751 e. The number of allylic oxidation sites excluding steroid dienone is 4. The van der Waals surface area contributed by atoms with Crippen molar-refractivity contribution in [2.24, 2.45) is 5.41 Å². The topological polar surface area (TPSA) is 0 Å². The summed E-state index contributed by atoms with van der Waals surface area (Å²) in [6.45, 7) is 4.38. The normalized spacial score (nSPS) is 23.7. The molecule has 1 rings (SSSR count). The molecular weight excluding hydrogens is 84.1 g/mol. The van der Waals surface area contributed by atoms with E-state index in [1.165, 1.54) is 0 Å². The van der Waals surface area contributed by atoms with Crippen LogP contribution in [0.15, 0.2) is 24.3 Å². The third kappa shape index (κ3) is 0.923. The maximum absolute atomic E-state index is 2.19. The summed E-state index contributed by atoms with van der Waals surface area (Å²) in [5.74, 6) is 0. The quantitative estimate of drug-likeness (QED) is 0.434. The Kier molecular flexibility index (Phi) is 0.810. The predicted molar refractivity (Wildman–Crippen MR) is 34.2 cm³/mol. The number of hydrogen-bond acceptors (Lipinski definition) is 0. The van der Waals surface area contributed by atoms with Gasteiger partial charge in [0.2, 0.25) is 0 Å². The van der Waals surface area contributed by atoms with Crippen LogP contribution in [0.3, 0.4) is 0 Å². The lowest BCUT2D eigenvalue weighted by molar-refractivity contribution is 0.636. The highest BCUT2D eigenvalue weighted by molar-refractivity contribution is 5.21. The fourth-order valence-corrected chi connectivity index (χ4v) is 0.663. The summed E-state index contributed by atoms with van der Waals surface area (Å²) in [5.41, 5.74) is 0.333. The van der Waals surface area contributed by atoms with Gasteiger partial charge in [0.25, 0.3) is 0 Å². The molecule has 0 saturated carbocycles. The molecule has 0 atom stereocenters. The maximum Gasteiger partial charge on any atom is 0.00106 e. The summed E-state index contributed by atoms with van der Waals surface area (Å²) in [7, 11) is 0. The molecule has 0 aliphatic heterocycles. The molecule has 0 aromatic heterocycles. The minimum atomic E-state index is 0. The molecule has 0 bridgehead atoms. The second-order valence-electron chi connectivity index (χ2n) is 2.54. The van der Waals surface area contributed by atoms with E-state index in [4.69, 9.17) is 0 Å². The lowest BCUT2D eigenvalue weighted by Crippen LogP contribution is -1.97. The summed E-state index contributed by atoms with van der Waals surface area (Å²) in [6, 6.07) is 0. The molecule has 0 fully saturated rings. The molecule has 7 heavy (non-hydrogen) atoms. The second-order valence-corrected chi connectivity index (χ2v) is 2.54. The molecule has 0 heterocycles. The largest absolute Gasteiger partial charge is 0.0751 e. The van der Waals surface area contributed by atoms with Crippen LogP contribution in [-0.2, 0) is 0 Å². The fourth-order valence-electron chi connectivity index (χ4n) is 0.663. The second kappa shape index (κ2) is 1.22. The molecule has 0 radical (unpaired) electrons. The van der Waals surface area contributed by atoms with Gasteiger partial charge in [-0.3, -0.25) is 0 Å². The molecule has 0 N–H and O–H groups in total. The summed E-state index contributed by atoms with van der Waals surface area (Å²) >= 11 is 0. The van der Waals surface area contributed by atoms with Gasteiger partial charge in [0.15, 0.2) is 0 Å². The van der Waals surface area contributed by atoms with Crippen LogP contribution in [0, 0.1) is 5.41 Å². The summed E-state index contributed by atoms with van der Waals surface area (Å²) in [6.07, 6.45) is 8.54. The van der Waals surface area contributed by atoms with E-state index in [-0.39, 0.29) is 1.43 Å². The van der Waals surface area contributed by atoms with Gasteiger partial charge < -0.3 is 0 Å². The first-order valence-corrected chi connectivity index (χ1v) is 2.58. The first kappa shape index (κ1) is 4.63. The molecule has 1 aliphatic rings. The molecule has 40 valence electrons. The molecule has 0 aromatic rings. The zero-order valence-electron chi connectivity index (χ0n) is 4.81. The Balaban J connectivity index is 0.000000490. The average molecular weight is 96.2 g/mol. The zero-order chi connectivity index (χ0) is 5.33. The molecule has 0 spiro atoms. The van der Waals surface area contributed by atoms with Gasteiger partial charge in [-0.05, 0) is 0 Å². The van der Waals surface area contributed by atoms with Crippen molar-refractivity contribution < 1.29 is 1.43 Å². The molecule has 0 heteroatoms. The van der Waals surface area contributed by atoms with E-state index < -0.39 is 0 Å². The molecule has 1 aliphatic carbocycles. The van der Waals surface area contributed by atoms with Crippen LogP contribution in [0.5, 0.6) is 0 Å². The maximum atomic E-state index is 2.19. The first-order valence-electron chi connectivity index (χ1n) is 2.58. The number of rotatable bonds is 0. The van der Waals surface area contributed by atoms with Crippen LogP contribution >= 0.6 is 0 Å². The van der Waals surface area contributed by atoms with Gasteiger partial charge in [0.1, 0.15) is 0 Å². The van der Waals surface area contributed by atoms with Gasteiger partial charge in [0.05, 0.1) is 0 Å². The van der Waals surface area contributed by atoms with E-state index in [1.54, 1.807) is 0 Å². The van der Waals surface area contributed by atoms with Crippen LogP contribution in [-0.4, -0.2) is 0 Å². The molecule has 0 amide bonds. The Morgan fingerprint density at radius 3 is 1.71 bits per heavy atom. The van der Waals surface area contributed by atoms with Crippen LogP contribution in [0.4, 0.5) is 0 Å². The van der Waals surface area contributed by atoms with Crippen molar-refractivity contribution in [3.63, 3.8) is 0 Å². The molecule has 0 unspecified atom stereocenters. The monoisotopic (exact) mass is 96.1 g/mol. The van der Waals surface area contributed by atoms with Crippen molar-refractivity contribution in [1.29, 1.82) is 0 Å². The average Bonchev–Trinajstić information content (AvgIpc) is 1.84. The Labute approximate surface area is 46.0 Å². The highest BCUT2D eigenvalue weighted by atomic mass is 14.1. The van der Waals surface area contributed by atoms with Crippen molar-refractivity contribution >= 4 is 0 Å². The van der Waals surface area contributed by atoms with Crippen LogP contribution in [0.25, 0.3) is 0 Å². The van der Waals surface area contributed by atoms with Crippen LogP contribution < -0.4 is 0 Å². The highest BCUT2D eigenvalue weighted by Crippen LogP contribution is 2.22. The smallest absolute Gasteiger partial charge is 0.00106 e. The molecule has 0 nitrogen and oxygen atoms in total. The molecular formula is C7H12. The molecule has 0 aromatic carbocycles. The number of hydrogen-bond donors (Lipinski definition) is 0. The van der Waals surface area contributed by atoms with E-state index in [2.05, 4.69) is 38.2 Å². The fraction of sp³-hybridized carbons (Fsp3) is 0.429. The predicted octanol–water partition coefficient (Wildman–Crippen LogP) is 2.38. The van der Waals surface area contributed by atoms with Crippen molar-refractivity contribution in [3.05, 3.63) is 24.3 Å². The van der Waals surface area contributed by atoms with Crippen LogP contribution in [0.2, 0.25) is 0 Å². The van der Waals surface area contributed by atoms with E-state index in [0.29, 0.717) is 5.41 Å². The van der Waals surface area contributed by atoms with E-state index in [0.717, 1.165) is 0 Å². The third-order valence-corrected chi connectivity index (χ3v) is 1.16. The van der Waals surface area contributed by atoms with E-state index in [1.807, 2.05) is 0 Å². The minimum absolute atomic E-state index is 0.